The van der Waals surface area contributed by atoms with Crippen molar-refractivity contribution >= 4 is 45.5 Å². The molecule has 0 spiro atoms. The number of fused-ring (bicyclic) bond motifs is 1. The van der Waals surface area contributed by atoms with Crippen LogP contribution in [-0.2, 0) is 6.54 Å². The molecule has 1 amide bonds. The van der Waals surface area contributed by atoms with Gasteiger partial charge in [-0.25, -0.2) is 4.98 Å². The van der Waals surface area contributed by atoms with Crippen molar-refractivity contribution in [2.75, 3.05) is 0 Å². The number of nitrogens with one attached hydrogen (secondary N) is 3. The number of benzene rings is 1. The molecule has 0 aliphatic carbocycles. The Hall–Kier alpha value is -3.23. The molecule has 0 radical (unpaired) electrons. The van der Waals surface area contributed by atoms with Crippen molar-refractivity contribution in [3.63, 3.8) is 0 Å². The molecule has 0 bridgehead atoms. The first-order valence-corrected chi connectivity index (χ1v) is 10.2. The predicted molar refractivity (Wildman–Crippen MR) is 119 cm³/mol. The molecular weight excluding hydrogens is 404 g/mol. The maximum Gasteiger partial charge on any atom is 0.270 e. The summed E-state index contributed by atoms with van der Waals surface area (Å²) in [4.78, 5) is 19.8. The highest BCUT2D eigenvalue weighted by Crippen LogP contribution is 2.29. The van der Waals surface area contributed by atoms with Gasteiger partial charge >= 0.3 is 0 Å². The molecule has 3 N–H and O–H groups in total. The van der Waals surface area contributed by atoms with Gasteiger partial charge in [-0.05, 0) is 55.5 Å². The quantitative estimate of drug-likeness (QED) is 0.338. The van der Waals surface area contributed by atoms with Crippen LogP contribution in [0.15, 0.2) is 65.3 Å². The summed E-state index contributed by atoms with van der Waals surface area (Å²) in [7, 11) is 0. The van der Waals surface area contributed by atoms with Gasteiger partial charge in [-0.15, -0.1) is 11.3 Å². The minimum absolute atomic E-state index is 0.291. The van der Waals surface area contributed by atoms with E-state index in [1.807, 2.05) is 55.5 Å². The van der Waals surface area contributed by atoms with Gasteiger partial charge < -0.3 is 9.73 Å². The number of furan rings is 1. The normalized spacial score (nSPS) is 10.7. The van der Waals surface area contributed by atoms with E-state index >= 15 is 0 Å². The van der Waals surface area contributed by atoms with Gasteiger partial charge in [-0.3, -0.25) is 15.6 Å². The summed E-state index contributed by atoms with van der Waals surface area (Å²) in [5.74, 6) is 0.455. The number of aryl methyl sites for hydroxylation is 1. The van der Waals surface area contributed by atoms with Crippen molar-refractivity contribution in [1.29, 1.82) is 0 Å². The second-order valence-corrected chi connectivity index (χ2v) is 8.02. The molecule has 3 heterocycles. The Morgan fingerprint density at radius 3 is 2.76 bits per heavy atom. The highest BCUT2D eigenvalue weighted by molar-refractivity contribution is 7.80. The summed E-state index contributed by atoms with van der Waals surface area (Å²) in [6.07, 6.45) is 1.59. The lowest BCUT2D eigenvalue weighted by Gasteiger charge is -2.13. The molecule has 0 saturated carbocycles. The highest BCUT2D eigenvalue weighted by Gasteiger charge is 2.15. The number of para-hydroxylation sites is 1. The number of pyridine rings is 1. The van der Waals surface area contributed by atoms with Crippen LogP contribution < -0.4 is 16.2 Å². The number of aromatic nitrogens is 1. The number of hydrazine groups is 1. The SMILES string of the molecule is Cc1ccc(-c2cc(C(=O)NNC(=S)NCc3ccco3)c3ccccc3n2)s1. The summed E-state index contributed by atoms with van der Waals surface area (Å²) in [6, 6.07) is 17.1. The first-order valence-electron chi connectivity index (χ1n) is 8.93. The molecule has 6 nitrogen and oxygen atoms in total. The Morgan fingerprint density at radius 1 is 1.14 bits per heavy atom. The lowest BCUT2D eigenvalue weighted by atomic mass is 10.1. The average Bonchev–Trinajstić information content (AvgIpc) is 3.41. The summed E-state index contributed by atoms with van der Waals surface area (Å²) in [6.45, 7) is 2.47. The van der Waals surface area contributed by atoms with E-state index < -0.39 is 0 Å². The number of thiophene rings is 1. The molecule has 0 fully saturated rings. The minimum atomic E-state index is -0.291. The maximum absolute atomic E-state index is 12.9. The fourth-order valence-corrected chi connectivity index (χ4v) is 3.82. The predicted octanol–water partition coefficient (Wildman–Crippen LogP) is 4.17. The van der Waals surface area contributed by atoms with Gasteiger partial charge in [-0.2, -0.15) is 0 Å². The van der Waals surface area contributed by atoms with Crippen molar-refractivity contribution in [1.82, 2.24) is 21.2 Å². The van der Waals surface area contributed by atoms with Gasteiger partial charge in [0.1, 0.15) is 5.76 Å². The molecule has 0 atom stereocenters. The van der Waals surface area contributed by atoms with Crippen LogP contribution in [0.25, 0.3) is 21.5 Å². The van der Waals surface area contributed by atoms with Gasteiger partial charge in [0.15, 0.2) is 5.11 Å². The Bertz CT molecular complexity index is 1170. The molecule has 0 unspecified atom stereocenters. The molecule has 0 aliphatic rings. The number of hydrogen-bond donors (Lipinski definition) is 3. The largest absolute Gasteiger partial charge is 0.467 e. The topological polar surface area (TPSA) is 79.2 Å². The van der Waals surface area contributed by atoms with E-state index in [0.29, 0.717) is 17.2 Å². The maximum atomic E-state index is 12.9. The number of amides is 1. The first-order chi connectivity index (χ1) is 14.1. The monoisotopic (exact) mass is 422 g/mol. The van der Waals surface area contributed by atoms with Crippen molar-refractivity contribution < 1.29 is 9.21 Å². The smallest absolute Gasteiger partial charge is 0.270 e. The fourth-order valence-electron chi connectivity index (χ4n) is 2.87. The number of carbonyl (C=O) groups is 1. The third-order valence-corrected chi connectivity index (χ3v) is 5.52. The Kier molecular flexibility index (Phi) is 5.55. The Labute approximate surface area is 176 Å². The zero-order valence-electron chi connectivity index (χ0n) is 15.6. The number of thiocarbonyl (C=S) groups is 1. The summed E-state index contributed by atoms with van der Waals surface area (Å²) >= 11 is 6.85. The molecule has 8 heteroatoms. The second kappa shape index (κ2) is 8.42. The lowest BCUT2D eigenvalue weighted by molar-refractivity contribution is 0.0945. The molecule has 0 saturated heterocycles. The first kappa shape index (κ1) is 19.1. The van der Waals surface area contributed by atoms with Crippen LogP contribution in [0.4, 0.5) is 0 Å². The summed E-state index contributed by atoms with van der Waals surface area (Å²) in [5.41, 5.74) is 7.45. The second-order valence-electron chi connectivity index (χ2n) is 6.32. The van der Waals surface area contributed by atoms with Crippen LogP contribution in [0.5, 0.6) is 0 Å². The molecule has 0 aliphatic heterocycles. The molecule has 146 valence electrons. The van der Waals surface area contributed by atoms with Crippen molar-refractivity contribution in [3.8, 4) is 10.6 Å². The van der Waals surface area contributed by atoms with Crippen LogP contribution >= 0.6 is 23.6 Å². The van der Waals surface area contributed by atoms with Gasteiger partial charge in [0.05, 0.1) is 34.5 Å². The molecule has 29 heavy (non-hydrogen) atoms. The minimum Gasteiger partial charge on any atom is -0.467 e. The molecule has 1 aromatic carbocycles. The third-order valence-electron chi connectivity index (χ3n) is 4.25. The molecule has 4 rings (SSSR count). The van der Waals surface area contributed by atoms with E-state index in [-0.39, 0.29) is 5.91 Å². The number of carbonyl (C=O) groups excluding carboxylic acids is 1. The van der Waals surface area contributed by atoms with Gasteiger partial charge in [0.2, 0.25) is 0 Å². The number of nitrogens with zero attached hydrogens (tertiary/aromatic N) is 1. The van der Waals surface area contributed by atoms with Crippen molar-refractivity contribution in [3.05, 3.63) is 77.1 Å². The van der Waals surface area contributed by atoms with E-state index in [4.69, 9.17) is 21.6 Å². The van der Waals surface area contributed by atoms with Crippen LogP contribution in [0.3, 0.4) is 0 Å². The lowest BCUT2D eigenvalue weighted by Crippen LogP contribution is -2.46. The third kappa shape index (κ3) is 4.44. The standard InChI is InChI=1S/C21H18N4O2S2/c1-13-8-9-19(29-13)18-11-16(15-6-2-3-7-17(15)23-18)20(26)24-25-21(28)22-12-14-5-4-10-27-14/h2-11H,12H2,1H3,(H,24,26)(H2,22,25,28). The van der Waals surface area contributed by atoms with Crippen LogP contribution in [0.2, 0.25) is 0 Å². The van der Waals surface area contributed by atoms with Crippen LogP contribution in [0.1, 0.15) is 21.0 Å². The fraction of sp³-hybridized carbons (Fsp3) is 0.0952. The number of hydrogen-bond acceptors (Lipinski definition) is 5. The van der Waals surface area contributed by atoms with Gasteiger partial charge in [0, 0.05) is 10.3 Å². The van der Waals surface area contributed by atoms with E-state index in [0.717, 1.165) is 27.2 Å². The Balaban J connectivity index is 1.52. The van der Waals surface area contributed by atoms with Gasteiger partial charge in [-0.1, -0.05) is 18.2 Å². The summed E-state index contributed by atoms with van der Waals surface area (Å²) in [5, 5.41) is 4.04. The van der Waals surface area contributed by atoms with Crippen LogP contribution in [-0.4, -0.2) is 16.0 Å². The highest BCUT2D eigenvalue weighted by atomic mass is 32.1. The van der Waals surface area contributed by atoms with E-state index in [1.54, 1.807) is 23.7 Å². The van der Waals surface area contributed by atoms with E-state index in [9.17, 15) is 4.79 Å². The van der Waals surface area contributed by atoms with Gasteiger partial charge in [0.25, 0.3) is 5.91 Å². The molecule has 3 aromatic heterocycles. The zero-order chi connectivity index (χ0) is 20.2. The van der Waals surface area contributed by atoms with E-state index in [2.05, 4.69) is 16.2 Å². The zero-order valence-corrected chi connectivity index (χ0v) is 17.2. The molecular formula is C21H18N4O2S2. The summed E-state index contributed by atoms with van der Waals surface area (Å²) < 4.78 is 5.24. The van der Waals surface area contributed by atoms with Crippen molar-refractivity contribution in [2.45, 2.75) is 13.5 Å². The molecule has 4 aromatic rings. The van der Waals surface area contributed by atoms with Crippen LogP contribution in [0, 0.1) is 6.92 Å². The number of rotatable bonds is 4. The Morgan fingerprint density at radius 2 is 2.00 bits per heavy atom. The van der Waals surface area contributed by atoms with Crippen molar-refractivity contribution in [2.24, 2.45) is 0 Å². The average molecular weight is 423 g/mol. The van der Waals surface area contributed by atoms with E-state index in [1.165, 1.54) is 4.88 Å².